The van der Waals surface area contributed by atoms with Crippen LogP contribution in [0.4, 0.5) is 0 Å². The summed E-state index contributed by atoms with van der Waals surface area (Å²) in [6.45, 7) is 2.27. The normalized spacial score (nSPS) is 16.2. The number of halogens is 2. The largest absolute Gasteiger partial charge is 0.341 e. The fraction of sp³-hybridized carbons (Fsp3) is 0.300. The van der Waals surface area contributed by atoms with E-state index in [0.717, 1.165) is 0 Å². The molecule has 0 radical (unpaired) electrons. The number of rotatable bonds is 5. The molecular formula is C20H21Cl2N3O4S. The van der Waals surface area contributed by atoms with Gasteiger partial charge in [-0.3, -0.25) is 9.59 Å². The van der Waals surface area contributed by atoms with E-state index < -0.39 is 16.1 Å². The highest BCUT2D eigenvalue weighted by Gasteiger charge is 2.33. The van der Waals surface area contributed by atoms with Crippen molar-refractivity contribution in [3.8, 4) is 0 Å². The number of carbonyl (C=O) groups is 2. The number of amides is 2. The Morgan fingerprint density at radius 2 is 1.63 bits per heavy atom. The minimum atomic E-state index is -3.83. The maximum absolute atomic E-state index is 12.9. The van der Waals surface area contributed by atoms with Crippen molar-refractivity contribution in [2.45, 2.75) is 17.9 Å². The van der Waals surface area contributed by atoms with Crippen LogP contribution in [0.2, 0.25) is 10.0 Å². The Labute approximate surface area is 185 Å². The van der Waals surface area contributed by atoms with Crippen LogP contribution >= 0.6 is 23.2 Å². The molecule has 1 fully saturated rings. The molecule has 1 saturated heterocycles. The van der Waals surface area contributed by atoms with Crippen LogP contribution < -0.4 is 5.32 Å². The van der Waals surface area contributed by atoms with Crippen LogP contribution in [0.5, 0.6) is 0 Å². The van der Waals surface area contributed by atoms with Crippen molar-refractivity contribution < 1.29 is 18.0 Å². The van der Waals surface area contributed by atoms with E-state index in [2.05, 4.69) is 5.32 Å². The van der Waals surface area contributed by atoms with Gasteiger partial charge in [0, 0.05) is 36.8 Å². The van der Waals surface area contributed by atoms with Gasteiger partial charge in [0.15, 0.2) is 0 Å². The summed E-state index contributed by atoms with van der Waals surface area (Å²) in [5, 5.41) is 3.05. The van der Waals surface area contributed by atoms with E-state index in [9.17, 15) is 18.0 Å². The van der Waals surface area contributed by atoms with Crippen LogP contribution in [0.15, 0.2) is 53.4 Å². The van der Waals surface area contributed by atoms with Gasteiger partial charge in [-0.25, -0.2) is 8.42 Å². The van der Waals surface area contributed by atoms with Gasteiger partial charge in [0.2, 0.25) is 15.9 Å². The lowest BCUT2D eigenvalue weighted by molar-refractivity contribution is -0.134. The second-order valence-corrected chi connectivity index (χ2v) is 9.62. The number of carbonyl (C=O) groups excluding carboxylic acids is 2. The Balaban J connectivity index is 1.61. The van der Waals surface area contributed by atoms with Gasteiger partial charge in [-0.1, -0.05) is 41.4 Å². The standard InChI is InChI=1S/C20H21Cl2N3O4S/c1-14(23-19(26)15-5-3-2-4-6-15)20(27)24-9-11-25(12-10-24)30(28,29)18-13-16(21)7-8-17(18)22/h2-8,13-14H,9-12H2,1H3,(H,23,26). The van der Waals surface area contributed by atoms with Gasteiger partial charge in [-0.2, -0.15) is 4.31 Å². The molecular weight excluding hydrogens is 449 g/mol. The zero-order valence-electron chi connectivity index (χ0n) is 16.2. The summed E-state index contributed by atoms with van der Waals surface area (Å²) in [6, 6.07) is 12.2. The second kappa shape index (κ2) is 9.34. The molecule has 0 bridgehead atoms. The molecule has 0 saturated carbocycles. The smallest absolute Gasteiger partial charge is 0.251 e. The van der Waals surface area contributed by atoms with Gasteiger partial charge in [-0.05, 0) is 37.3 Å². The molecule has 160 valence electrons. The Morgan fingerprint density at radius 1 is 1.00 bits per heavy atom. The van der Waals surface area contributed by atoms with Crippen LogP contribution in [-0.4, -0.2) is 61.7 Å². The van der Waals surface area contributed by atoms with Gasteiger partial charge >= 0.3 is 0 Å². The van der Waals surface area contributed by atoms with E-state index in [4.69, 9.17) is 23.2 Å². The average Bonchev–Trinajstić information content (AvgIpc) is 2.75. The molecule has 1 aliphatic rings. The van der Waals surface area contributed by atoms with Gasteiger partial charge < -0.3 is 10.2 Å². The minimum Gasteiger partial charge on any atom is -0.341 e. The maximum atomic E-state index is 12.9. The van der Waals surface area contributed by atoms with Crippen molar-refractivity contribution in [2.24, 2.45) is 0 Å². The van der Waals surface area contributed by atoms with E-state index in [1.54, 1.807) is 42.2 Å². The van der Waals surface area contributed by atoms with Crippen LogP contribution in [-0.2, 0) is 14.8 Å². The molecule has 3 rings (SSSR count). The second-order valence-electron chi connectivity index (χ2n) is 6.87. The van der Waals surface area contributed by atoms with Crippen LogP contribution in [0.3, 0.4) is 0 Å². The van der Waals surface area contributed by atoms with Gasteiger partial charge in [-0.15, -0.1) is 0 Å². The first-order valence-electron chi connectivity index (χ1n) is 9.30. The average molecular weight is 470 g/mol. The first-order valence-corrected chi connectivity index (χ1v) is 11.5. The van der Waals surface area contributed by atoms with Crippen LogP contribution in [0, 0.1) is 0 Å². The number of nitrogens with one attached hydrogen (secondary N) is 1. The fourth-order valence-corrected chi connectivity index (χ4v) is 5.33. The molecule has 1 N–H and O–H groups in total. The summed E-state index contributed by atoms with van der Waals surface area (Å²) in [4.78, 5) is 26.4. The topological polar surface area (TPSA) is 86.8 Å². The zero-order valence-corrected chi connectivity index (χ0v) is 18.5. The third kappa shape index (κ3) is 4.95. The van der Waals surface area contributed by atoms with Crippen LogP contribution in [0.1, 0.15) is 17.3 Å². The quantitative estimate of drug-likeness (QED) is 0.728. The molecule has 1 unspecified atom stereocenters. The van der Waals surface area contributed by atoms with Crippen molar-refractivity contribution in [3.63, 3.8) is 0 Å². The van der Waals surface area contributed by atoms with Crippen molar-refractivity contribution in [3.05, 3.63) is 64.1 Å². The predicted molar refractivity (Wildman–Crippen MR) is 115 cm³/mol. The van der Waals surface area contributed by atoms with E-state index in [-0.39, 0.29) is 52.9 Å². The monoisotopic (exact) mass is 469 g/mol. The van der Waals surface area contributed by atoms with Crippen molar-refractivity contribution >= 4 is 45.0 Å². The molecule has 10 heteroatoms. The maximum Gasteiger partial charge on any atom is 0.251 e. The Hall–Kier alpha value is -2.13. The Bertz CT molecular complexity index is 1040. The summed E-state index contributed by atoms with van der Waals surface area (Å²) < 4.78 is 27.1. The van der Waals surface area contributed by atoms with E-state index >= 15 is 0 Å². The van der Waals surface area contributed by atoms with Gasteiger partial charge in [0.25, 0.3) is 5.91 Å². The lowest BCUT2D eigenvalue weighted by atomic mass is 10.2. The molecule has 1 heterocycles. The Kier molecular flexibility index (Phi) is 7.02. The molecule has 0 aliphatic carbocycles. The molecule has 1 aliphatic heterocycles. The zero-order chi connectivity index (χ0) is 21.9. The first-order chi connectivity index (χ1) is 14.2. The number of hydrogen-bond donors (Lipinski definition) is 1. The highest BCUT2D eigenvalue weighted by molar-refractivity contribution is 7.89. The molecule has 7 nitrogen and oxygen atoms in total. The number of sulfonamides is 1. The number of hydrogen-bond acceptors (Lipinski definition) is 4. The fourth-order valence-electron chi connectivity index (χ4n) is 3.17. The van der Waals surface area contributed by atoms with Gasteiger partial charge in [0.1, 0.15) is 10.9 Å². The van der Waals surface area contributed by atoms with Gasteiger partial charge in [0.05, 0.1) is 5.02 Å². The van der Waals surface area contributed by atoms with Crippen molar-refractivity contribution in [1.29, 1.82) is 0 Å². The molecule has 2 amide bonds. The summed E-state index contributed by atoms with van der Waals surface area (Å²) in [6.07, 6.45) is 0. The molecule has 30 heavy (non-hydrogen) atoms. The predicted octanol–water partition coefficient (Wildman–Crippen LogP) is 2.64. The summed E-state index contributed by atoms with van der Waals surface area (Å²) in [7, 11) is -3.83. The van der Waals surface area contributed by atoms with E-state index in [1.165, 1.54) is 22.5 Å². The summed E-state index contributed by atoms with van der Waals surface area (Å²) in [5.74, 6) is -0.606. The molecule has 0 aromatic heterocycles. The van der Waals surface area contributed by atoms with Crippen LogP contribution in [0.25, 0.3) is 0 Å². The lowest BCUT2D eigenvalue weighted by Crippen LogP contribution is -2.55. The summed E-state index contributed by atoms with van der Waals surface area (Å²) >= 11 is 12.0. The minimum absolute atomic E-state index is 0.0556. The highest BCUT2D eigenvalue weighted by Crippen LogP contribution is 2.28. The van der Waals surface area contributed by atoms with E-state index in [0.29, 0.717) is 5.56 Å². The summed E-state index contributed by atoms with van der Waals surface area (Å²) in [5.41, 5.74) is 0.464. The number of nitrogens with zero attached hydrogens (tertiary/aromatic N) is 2. The molecule has 1 atom stereocenters. The third-order valence-electron chi connectivity index (χ3n) is 4.82. The first kappa shape index (κ1) is 22.6. The third-order valence-corrected chi connectivity index (χ3v) is 7.43. The highest BCUT2D eigenvalue weighted by atomic mass is 35.5. The van der Waals surface area contributed by atoms with Crippen molar-refractivity contribution in [2.75, 3.05) is 26.2 Å². The lowest BCUT2D eigenvalue weighted by Gasteiger charge is -2.35. The molecule has 0 spiro atoms. The Morgan fingerprint density at radius 3 is 2.27 bits per heavy atom. The van der Waals surface area contributed by atoms with E-state index in [1.807, 2.05) is 0 Å². The number of piperazine rings is 1. The molecule has 2 aromatic rings. The number of benzene rings is 2. The SMILES string of the molecule is CC(NC(=O)c1ccccc1)C(=O)N1CCN(S(=O)(=O)c2cc(Cl)ccc2Cl)CC1. The molecule has 2 aromatic carbocycles. The van der Waals surface area contributed by atoms with Crippen molar-refractivity contribution in [1.82, 2.24) is 14.5 Å².